The zero-order valence-corrected chi connectivity index (χ0v) is 16.3. The smallest absolute Gasteiger partial charge is 0.0728 e. The Balaban J connectivity index is 1.58. The van der Waals surface area contributed by atoms with Gasteiger partial charge in [-0.05, 0) is 46.4 Å². The molecule has 0 spiro atoms. The van der Waals surface area contributed by atoms with Gasteiger partial charge in [0, 0.05) is 38.6 Å². The number of aliphatic hydroxyl groups is 1. The Hall–Kier alpha value is -1.20. The largest absolute Gasteiger partial charge is 0.389 e. The lowest BCUT2D eigenvalue weighted by atomic mass is 9.72. The summed E-state index contributed by atoms with van der Waals surface area (Å²) in [6, 6.07) is 11.1. The van der Waals surface area contributed by atoms with Crippen molar-refractivity contribution in [3.05, 3.63) is 46.7 Å². The van der Waals surface area contributed by atoms with Crippen molar-refractivity contribution in [1.29, 1.82) is 0 Å². The molecule has 2 aromatic rings. The zero-order chi connectivity index (χ0) is 17.8. The molecule has 1 aliphatic carbocycles. The number of rotatable bonds is 5. The number of benzene rings is 1. The van der Waals surface area contributed by atoms with Gasteiger partial charge in [0.05, 0.1) is 5.60 Å². The van der Waals surface area contributed by atoms with Crippen LogP contribution in [0, 0.1) is 0 Å². The average molecular weight is 371 g/mol. The van der Waals surface area contributed by atoms with E-state index in [4.69, 9.17) is 0 Å². The summed E-state index contributed by atoms with van der Waals surface area (Å²) < 4.78 is 0. The number of piperazine rings is 1. The van der Waals surface area contributed by atoms with Crippen LogP contribution in [0.5, 0.6) is 0 Å². The van der Waals surface area contributed by atoms with E-state index in [1.807, 2.05) is 0 Å². The van der Waals surface area contributed by atoms with Crippen molar-refractivity contribution in [3.63, 3.8) is 0 Å². The third-order valence-corrected chi connectivity index (χ3v) is 6.87. The van der Waals surface area contributed by atoms with Crippen molar-refractivity contribution in [2.75, 3.05) is 32.7 Å². The van der Waals surface area contributed by atoms with Crippen LogP contribution in [0.1, 0.15) is 43.6 Å². The van der Waals surface area contributed by atoms with Gasteiger partial charge >= 0.3 is 0 Å². The molecule has 0 radical (unpaired) electrons. The first kappa shape index (κ1) is 18.2. The number of hydrogen-bond donors (Lipinski definition) is 2. The topological polar surface area (TPSA) is 35.5 Å². The van der Waals surface area contributed by atoms with Gasteiger partial charge in [-0.1, -0.05) is 43.5 Å². The first-order chi connectivity index (χ1) is 12.7. The second-order valence-electron chi connectivity index (χ2n) is 7.90. The third kappa shape index (κ3) is 4.04. The Morgan fingerprint density at radius 3 is 2.38 bits per heavy atom. The van der Waals surface area contributed by atoms with Crippen LogP contribution in [0.25, 0.3) is 11.1 Å². The first-order valence-corrected chi connectivity index (χ1v) is 11.0. The first-order valence-electron chi connectivity index (χ1n) is 10.0. The summed E-state index contributed by atoms with van der Waals surface area (Å²) in [6.07, 6.45) is 5.45. The summed E-state index contributed by atoms with van der Waals surface area (Å²) in [6.45, 7) is 5.25. The predicted octanol–water partition coefficient (Wildman–Crippen LogP) is 4.10. The Bertz CT molecular complexity index is 671. The summed E-state index contributed by atoms with van der Waals surface area (Å²) in [5.41, 5.74) is 3.31. The van der Waals surface area contributed by atoms with Crippen LogP contribution in [-0.4, -0.2) is 48.3 Å². The third-order valence-electron chi connectivity index (χ3n) is 6.19. The van der Waals surface area contributed by atoms with Gasteiger partial charge in [0.1, 0.15) is 0 Å². The molecule has 1 atom stereocenters. The fraction of sp³-hybridized carbons (Fsp3) is 0.545. The molecular weight excluding hydrogens is 340 g/mol. The van der Waals surface area contributed by atoms with E-state index in [1.54, 1.807) is 11.3 Å². The molecule has 1 unspecified atom stereocenters. The van der Waals surface area contributed by atoms with Crippen molar-refractivity contribution >= 4 is 11.3 Å². The molecule has 2 aliphatic rings. The molecule has 2 N–H and O–H groups in total. The van der Waals surface area contributed by atoms with Gasteiger partial charge in [-0.25, -0.2) is 0 Å². The fourth-order valence-electron chi connectivity index (χ4n) is 4.59. The Labute approximate surface area is 161 Å². The van der Waals surface area contributed by atoms with Crippen molar-refractivity contribution in [2.24, 2.45) is 0 Å². The second kappa shape index (κ2) is 8.22. The molecule has 1 aromatic heterocycles. The highest BCUT2D eigenvalue weighted by Gasteiger charge is 2.39. The van der Waals surface area contributed by atoms with Crippen molar-refractivity contribution in [3.8, 4) is 11.1 Å². The van der Waals surface area contributed by atoms with E-state index in [-0.39, 0.29) is 5.92 Å². The zero-order valence-electron chi connectivity index (χ0n) is 15.5. The van der Waals surface area contributed by atoms with E-state index in [0.717, 1.165) is 58.4 Å². The fourth-order valence-corrected chi connectivity index (χ4v) is 5.25. The highest BCUT2D eigenvalue weighted by Crippen LogP contribution is 2.41. The van der Waals surface area contributed by atoms with Crippen LogP contribution >= 0.6 is 11.3 Å². The van der Waals surface area contributed by atoms with Crippen LogP contribution in [-0.2, 0) is 0 Å². The summed E-state index contributed by atoms with van der Waals surface area (Å²) >= 11 is 1.74. The van der Waals surface area contributed by atoms with Gasteiger partial charge in [0.2, 0.25) is 0 Å². The van der Waals surface area contributed by atoms with Crippen LogP contribution in [0.3, 0.4) is 0 Å². The van der Waals surface area contributed by atoms with Crippen LogP contribution in [0.4, 0.5) is 0 Å². The van der Waals surface area contributed by atoms with E-state index in [1.165, 1.54) is 23.1 Å². The summed E-state index contributed by atoms with van der Waals surface area (Å²) in [4.78, 5) is 2.53. The SMILES string of the molecule is OC1(C(CN2CCNCC2)c2ccc(-c3ccsc3)cc2)CCCCC1. The van der Waals surface area contributed by atoms with Gasteiger partial charge in [0.15, 0.2) is 0 Å². The van der Waals surface area contributed by atoms with Gasteiger partial charge < -0.3 is 15.3 Å². The molecule has 3 nitrogen and oxygen atoms in total. The Kier molecular flexibility index (Phi) is 5.75. The lowest BCUT2D eigenvalue weighted by molar-refractivity contribution is -0.0316. The number of nitrogens with zero attached hydrogens (tertiary/aromatic N) is 1. The quantitative estimate of drug-likeness (QED) is 0.832. The van der Waals surface area contributed by atoms with Crippen molar-refractivity contribution in [2.45, 2.75) is 43.6 Å². The van der Waals surface area contributed by atoms with Crippen molar-refractivity contribution < 1.29 is 5.11 Å². The number of hydrogen-bond acceptors (Lipinski definition) is 4. The molecule has 4 rings (SSSR count). The monoisotopic (exact) mass is 370 g/mol. The predicted molar refractivity (Wildman–Crippen MR) is 110 cm³/mol. The second-order valence-corrected chi connectivity index (χ2v) is 8.68. The maximum atomic E-state index is 11.5. The average Bonchev–Trinajstić information content (AvgIpc) is 3.22. The van der Waals surface area contributed by atoms with E-state index in [0.29, 0.717) is 0 Å². The van der Waals surface area contributed by atoms with E-state index in [9.17, 15) is 5.11 Å². The summed E-state index contributed by atoms with van der Waals surface area (Å²) in [5, 5.41) is 19.3. The standard InChI is InChI=1S/C22H30N2OS/c25-22(9-2-1-3-10-22)21(16-24-13-11-23-12-14-24)19-6-4-18(5-7-19)20-8-15-26-17-20/h4-8,15,17,21,23,25H,1-3,9-14,16H2. The molecule has 4 heteroatoms. The van der Waals surface area contributed by atoms with E-state index in [2.05, 4.69) is 51.3 Å². The van der Waals surface area contributed by atoms with E-state index < -0.39 is 5.60 Å². The maximum Gasteiger partial charge on any atom is 0.0728 e. The number of nitrogens with one attached hydrogen (secondary N) is 1. The molecule has 0 bridgehead atoms. The number of thiophene rings is 1. The van der Waals surface area contributed by atoms with Crippen LogP contribution in [0.15, 0.2) is 41.1 Å². The van der Waals surface area contributed by atoms with E-state index >= 15 is 0 Å². The minimum Gasteiger partial charge on any atom is -0.389 e. The minimum absolute atomic E-state index is 0.206. The molecular formula is C22H30N2OS. The van der Waals surface area contributed by atoms with Gasteiger partial charge in [-0.3, -0.25) is 0 Å². The molecule has 1 aliphatic heterocycles. The van der Waals surface area contributed by atoms with Crippen LogP contribution < -0.4 is 5.32 Å². The summed E-state index contributed by atoms with van der Waals surface area (Å²) in [5.74, 6) is 0.206. The molecule has 0 amide bonds. The molecule has 1 saturated carbocycles. The molecule has 140 valence electrons. The Morgan fingerprint density at radius 1 is 1.00 bits per heavy atom. The van der Waals surface area contributed by atoms with Crippen molar-refractivity contribution in [1.82, 2.24) is 10.2 Å². The Morgan fingerprint density at radius 2 is 1.73 bits per heavy atom. The molecule has 1 saturated heterocycles. The normalized spacial score (nSPS) is 22.2. The molecule has 1 aromatic carbocycles. The lowest BCUT2D eigenvalue weighted by Gasteiger charge is -2.42. The molecule has 2 heterocycles. The molecule has 2 fully saturated rings. The van der Waals surface area contributed by atoms with Gasteiger partial charge in [-0.2, -0.15) is 11.3 Å². The highest BCUT2D eigenvalue weighted by atomic mass is 32.1. The minimum atomic E-state index is -0.549. The van der Waals surface area contributed by atoms with Gasteiger partial charge in [-0.15, -0.1) is 0 Å². The summed E-state index contributed by atoms with van der Waals surface area (Å²) in [7, 11) is 0. The highest BCUT2D eigenvalue weighted by molar-refractivity contribution is 7.08. The maximum absolute atomic E-state index is 11.5. The van der Waals surface area contributed by atoms with Crippen LogP contribution in [0.2, 0.25) is 0 Å². The van der Waals surface area contributed by atoms with Gasteiger partial charge in [0.25, 0.3) is 0 Å². The lowest BCUT2D eigenvalue weighted by Crippen LogP contribution is -2.49. The molecule has 26 heavy (non-hydrogen) atoms.